The molecule has 1 saturated carbocycles. The molecule has 0 saturated heterocycles. The second-order valence-electron chi connectivity index (χ2n) is 6.58. The predicted molar refractivity (Wildman–Crippen MR) is 101 cm³/mol. The average molecular weight is 352 g/mol. The van der Waals surface area contributed by atoms with Crippen molar-refractivity contribution in [3.05, 3.63) is 65.2 Å². The molecule has 1 fully saturated rings. The van der Waals surface area contributed by atoms with Gasteiger partial charge in [0.15, 0.2) is 0 Å². The number of rotatable bonds is 6. The number of ether oxygens (including phenoxy) is 1. The Morgan fingerprint density at radius 1 is 1.00 bits per heavy atom. The van der Waals surface area contributed by atoms with Gasteiger partial charge in [0.1, 0.15) is 0 Å². The molecule has 1 aliphatic carbocycles. The van der Waals surface area contributed by atoms with E-state index in [-0.39, 0.29) is 17.9 Å². The number of benzene rings is 2. The Hall–Kier alpha value is -2.66. The summed E-state index contributed by atoms with van der Waals surface area (Å²) in [7, 11) is 1.63. The van der Waals surface area contributed by atoms with Gasteiger partial charge in [-0.05, 0) is 42.7 Å². The molecule has 2 aromatic carbocycles. The highest BCUT2D eigenvalue weighted by Gasteiger charge is 2.20. The van der Waals surface area contributed by atoms with E-state index in [1.165, 1.54) is 0 Å². The zero-order chi connectivity index (χ0) is 18.4. The summed E-state index contributed by atoms with van der Waals surface area (Å²) in [5.41, 5.74) is 2.55. The molecule has 5 nitrogen and oxygen atoms in total. The first-order chi connectivity index (χ1) is 12.7. The molecule has 1 aliphatic rings. The van der Waals surface area contributed by atoms with E-state index in [1.807, 2.05) is 18.2 Å². The third-order valence-corrected chi connectivity index (χ3v) is 4.64. The normalized spacial score (nSPS) is 14.2. The van der Waals surface area contributed by atoms with E-state index in [0.29, 0.717) is 23.4 Å². The van der Waals surface area contributed by atoms with Crippen molar-refractivity contribution in [1.29, 1.82) is 0 Å². The second kappa shape index (κ2) is 8.63. The minimum absolute atomic E-state index is 0.136. The molecule has 2 amide bonds. The molecular weight excluding hydrogens is 328 g/mol. The molecule has 0 heterocycles. The van der Waals surface area contributed by atoms with Gasteiger partial charge in [-0.3, -0.25) is 9.59 Å². The topological polar surface area (TPSA) is 67.4 Å². The molecule has 2 N–H and O–H groups in total. The summed E-state index contributed by atoms with van der Waals surface area (Å²) in [6, 6.07) is 14.6. The number of carbonyl (C=O) groups is 2. The van der Waals surface area contributed by atoms with E-state index in [9.17, 15) is 9.59 Å². The fraction of sp³-hybridized carbons (Fsp3) is 0.333. The van der Waals surface area contributed by atoms with Crippen LogP contribution in [0.2, 0.25) is 0 Å². The van der Waals surface area contributed by atoms with Crippen molar-refractivity contribution in [2.24, 2.45) is 0 Å². The summed E-state index contributed by atoms with van der Waals surface area (Å²) in [5, 5.41) is 5.92. The van der Waals surface area contributed by atoms with Gasteiger partial charge in [0.05, 0.1) is 17.9 Å². The summed E-state index contributed by atoms with van der Waals surface area (Å²) in [4.78, 5) is 25.1. The Labute approximate surface area is 153 Å². The SMILES string of the molecule is COCc1ccc(C(=O)Nc2ccccc2C(=O)NC2CCCC2)cc1. The maximum atomic E-state index is 12.6. The van der Waals surface area contributed by atoms with Crippen LogP contribution in [0, 0.1) is 0 Å². The molecule has 0 bridgehead atoms. The van der Waals surface area contributed by atoms with Crippen LogP contribution >= 0.6 is 0 Å². The molecule has 0 spiro atoms. The van der Waals surface area contributed by atoms with Crippen LogP contribution in [-0.2, 0) is 11.3 Å². The van der Waals surface area contributed by atoms with E-state index in [1.54, 1.807) is 37.4 Å². The lowest BCUT2D eigenvalue weighted by atomic mass is 10.1. The van der Waals surface area contributed by atoms with Gasteiger partial charge in [0, 0.05) is 18.7 Å². The van der Waals surface area contributed by atoms with E-state index < -0.39 is 0 Å². The number of anilines is 1. The first-order valence-electron chi connectivity index (χ1n) is 8.96. The Bertz CT molecular complexity index is 765. The lowest BCUT2D eigenvalue weighted by Gasteiger charge is -2.15. The third-order valence-electron chi connectivity index (χ3n) is 4.64. The van der Waals surface area contributed by atoms with E-state index >= 15 is 0 Å². The summed E-state index contributed by atoms with van der Waals surface area (Å²) in [5.74, 6) is -0.377. The summed E-state index contributed by atoms with van der Waals surface area (Å²) in [6.45, 7) is 0.506. The van der Waals surface area contributed by atoms with Gasteiger partial charge in [-0.2, -0.15) is 0 Å². The van der Waals surface area contributed by atoms with Crippen LogP contribution in [-0.4, -0.2) is 25.0 Å². The molecule has 136 valence electrons. The first-order valence-corrected chi connectivity index (χ1v) is 8.96. The van der Waals surface area contributed by atoms with Crippen LogP contribution in [0.5, 0.6) is 0 Å². The van der Waals surface area contributed by atoms with Crippen LogP contribution in [0.25, 0.3) is 0 Å². The molecule has 0 unspecified atom stereocenters. The minimum Gasteiger partial charge on any atom is -0.380 e. The lowest BCUT2D eigenvalue weighted by molar-refractivity contribution is 0.0939. The van der Waals surface area contributed by atoms with Crippen LogP contribution in [0.15, 0.2) is 48.5 Å². The molecular formula is C21H24N2O3. The van der Waals surface area contributed by atoms with E-state index in [4.69, 9.17) is 4.74 Å². The smallest absolute Gasteiger partial charge is 0.255 e. The zero-order valence-corrected chi connectivity index (χ0v) is 15.0. The average Bonchev–Trinajstić information content (AvgIpc) is 3.16. The van der Waals surface area contributed by atoms with Gasteiger partial charge in [0.2, 0.25) is 0 Å². The Balaban J connectivity index is 1.70. The molecule has 2 aromatic rings. The fourth-order valence-electron chi connectivity index (χ4n) is 3.24. The zero-order valence-electron chi connectivity index (χ0n) is 15.0. The Kier molecular flexibility index (Phi) is 6.02. The quantitative estimate of drug-likeness (QED) is 0.832. The predicted octanol–water partition coefficient (Wildman–Crippen LogP) is 3.76. The number of hydrogen-bond donors (Lipinski definition) is 2. The van der Waals surface area contributed by atoms with Gasteiger partial charge in [-0.1, -0.05) is 37.1 Å². The van der Waals surface area contributed by atoms with Gasteiger partial charge < -0.3 is 15.4 Å². The third kappa shape index (κ3) is 4.49. The minimum atomic E-state index is -0.241. The molecule has 0 radical (unpaired) electrons. The Morgan fingerprint density at radius 2 is 1.69 bits per heavy atom. The number of methoxy groups -OCH3 is 1. The number of hydrogen-bond acceptors (Lipinski definition) is 3. The highest BCUT2D eigenvalue weighted by Crippen LogP contribution is 2.21. The number of para-hydroxylation sites is 1. The largest absolute Gasteiger partial charge is 0.380 e. The van der Waals surface area contributed by atoms with Crippen LogP contribution in [0.4, 0.5) is 5.69 Å². The second-order valence-corrected chi connectivity index (χ2v) is 6.58. The number of nitrogens with one attached hydrogen (secondary N) is 2. The van der Waals surface area contributed by atoms with Crippen molar-refractivity contribution in [3.8, 4) is 0 Å². The highest BCUT2D eigenvalue weighted by atomic mass is 16.5. The van der Waals surface area contributed by atoms with Crippen LogP contribution in [0.1, 0.15) is 52.0 Å². The monoisotopic (exact) mass is 352 g/mol. The molecule has 0 aliphatic heterocycles. The molecule has 26 heavy (non-hydrogen) atoms. The summed E-state index contributed by atoms with van der Waals surface area (Å²) >= 11 is 0. The molecule has 0 atom stereocenters. The van der Waals surface area contributed by atoms with Gasteiger partial charge >= 0.3 is 0 Å². The van der Waals surface area contributed by atoms with Crippen molar-refractivity contribution in [2.45, 2.75) is 38.3 Å². The van der Waals surface area contributed by atoms with Crippen molar-refractivity contribution in [2.75, 3.05) is 12.4 Å². The summed E-state index contributed by atoms with van der Waals surface area (Å²) in [6.07, 6.45) is 4.35. The molecule has 0 aromatic heterocycles. The lowest BCUT2D eigenvalue weighted by Crippen LogP contribution is -2.33. The Morgan fingerprint density at radius 3 is 2.38 bits per heavy atom. The first kappa shape index (κ1) is 18.1. The standard InChI is InChI=1S/C21H24N2O3/c1-26-14-15-10-12-16(13-11-15)20(24)23-19-9-5-4-8-18(19)21(25)22-17-6-2-3-7-17/h4-5,8-13,17H,2-3,6-7,14H2,1H3,(H,22,25)(H,23,24). The van der Waals surface area contributed by atoms with Gasteiger partial charge in [-0.25, -0.2) is 0 Å². The van der Waals surface area contributed by atoms with E-state index in [2.05, 4.69) is 10.6 Å². The van der Waals surface area contributed by atoms with Crippen LogP contribution < -0.4 is 10.6 Å². The maximum Gasteiger partial charge on any atom is 0.255 e. The maximum absolute atomic E-state index is 12.6. The van der Waals surface area contributed by atoms with Gasteiger partial charge in [0.25, 0.3) is 11.8 Å². The number of carbonyl (C=O) groups excluding carboxylic acids is 2. The van der Waals surface area contributed by atoms with Crippen molar-refractivity contribution >= 4 is 17.5 Å². The van der Waals surface area contributed by atoms with Crippen molar-refractivity contribution in [1.82, 2.24) is 5.32 Å². The molecule has 5 heteroatoms. The number of amides is 2. The van der Waals surface area contributed by atoms with Gasteiger partial charge in [-0.15, -0.1) is 0 Å². The van der Waals surface area contributed by atoms with Crippen LogP contribution in [0.3, 0.4) is 0 Å². The summed E-state index contributed by atoms with van der Waals surface area (Å²) < 4.78 is 5.08. The van der Waals surface area contributed by atoms with Crippen molar-refractivity contribution in [3.63, 3.8) is 0 Å². The van der Waals surface area contributed by atoms with E-state index in [0.717, 1.165) is 31.2 Å². The molecule has 3 rings (SSSR count). The van der Waals surface area contributed by atoms with Crippen molar-refractivity contribution < 1.29 is 14.3 Å². The highest BCUT2D eigenvalue weighted by molar-refractivity contribution is 6.09. The fourth-order valence-corrected chi connectivity index (χ4v) is 3.24.